The summed E-state index contributed by atoms with van der Waals surface area (Å²) in [5, 5.41) is 13.3. The third-order valence-corrected chi connectivity index (χ3v) is 5.38. The summed E-state index contributed by atoms with van der Waals surface area (Å²) < 4.78 is 0. The molecule has 2 N–H and O–H groups in total. The van der Waals surface area contributed by atoms with Crippen molar-refractivity contribution in [2.75, 3.05) is 6.54 Å². The maximum atomic E-state index is 9.55. The third kappa shape index (κ3) is 7.25. The lowest BCUT2D eigenvalue weighted by Crippen LogP contribution is -2.35. The molecule has 0 fully saturated rings. The highest BCUT2D eigenvalue weighted by molar-refractivity contribution is 5.37. The van der Waals surface area contributed by atoms with E-state index in [1.807, 2.05) is 12.1 Å². The van der Waals surface area contributed by atoms with Crippen molar-refractivity contribution in [3.63, 3.8) is 0 Å². The molecule has 0 aliphatic heterocycles. The molecule has 1 aromatic rings. The average molecular weight is 332 g/mol. The second kappa shape index (κ2) is 11.5. The minimum absolute atomic E-state index is 0.408. The van der Waals surface area contributed by atoms with Crippen LogP contribution < -0.4 is 5.32 Å². The van der Waals surface area contributed by atoms with Crippen LogP contribution >= 0.6 is 0 Å². The van der Waals surface area contributed by atoms with Crippen LogP contribution in [0.5, 0.6) is 5.75 Å². The molecule has 2 heteroatoms. The van der Waals surface area contributed by atoms with Crippen molar-refractivity contribution in [3.05, 3.63) is 29.3 Å². The second-order valence-corrected chi connectivity index (χ2v) is 7.53. The van der Waals surface area contributed by atoms with Gasteiger partial charge in [-0.1, -0.05) is 70.8 Å². The summed E-state index contributed by atoms with van der Waals surface area (Å²) in [4.78, 5) is 0. The van der Waals surface area contributed by atoms with E-state index in [1.165, 1.54) is 81.8 Å². The molecule has 0 amide bonds. The molecule has 1 atom stereocenters. The molecule has 2 rings (SSSR count). The summed E-state index contributed by atoms with van der Waals surface area (Å²) in [5.41, 5.74) is 2.76. The van der Waals surface area contributed by atoms with Crippen molar-refractivity contribution in [1.29, 1.82) is 0 Å². The first-order chi connectivity index (χ1) is 11.8. The molecule has 0 aromatic heterocycles. The van der Waals surface area contributed by atoms with Gasteiger partial charge in [0.2, 0.25) is 0 Å². The Morgan fingerprint density at radius 2 is 1.58 bits per heavy atom. The highest BCUT2D eigenvalue weighted by atomic mass is 16.3. The van der Waals surface area contributed by atoms with E-state index in [9.17, 15) is 5.11 Å². The molecule has 1 aliphatic carbocycles. The van der Waals surface area contributed by atoms with Crippen molar-refractivity contribution in [2.24, 2.45) is 0 Å². The number of aromatic hydroxyl groups is 1. The fourth-order valence-corrected chi connectivity index (χ4v) is 3.83. The monoisotopic (exact) mass is 331 g/mol. The van der Waals surface area contributed by atoms with Crippen LogP contribution in [-0.2, 0) is 12.8 Å². The van der Waals surface area contributed by atoms with E-state index in [0.29, 0.717) is 11.8 Å². The lowest BCUT2D eigenvalue weighted by molar-refractivity contribution is 0.441. The maximum absolute atomic E-state index is 9.55. The number of nitrogens with one attached hydrogen (secondary N) is 1. The van der Waals surface area contributed by atoms with Gasteiger partial charge in [0.05, 0.1) is 0 Å². The Labute approximate surface area is 149 Å². The largest absolute Gasteiger partial charge is 0.508 e. The Hall–Kier alpha value is -1.02. The Bertz CT molecular complexity index is 457. The van der Waals surface area contributed by atoms with Gasteiger partial charge >= 0.3 is 0 Å². The first-order valence-corrected chi connectivity index (χ1v) is 10.3. The molecular formula is C22H37NO. The molecule has 0 spiro atoms. The van der Waals surface area contributed by atoms with Crippen molar-refractivity contribution in [1.82, 2.24) is 5.32 Å². The molecule has 0 saturated heterocycles. The smallest absolute Gasteiger partial charge is 0.115 e. The third-order valence-electron chi connectivity index (χ3n) is 5.38. The predicted octanol–water partition coefficient (Wildman–Crippen LogP) is 5.76. The predicted molar refractivity (Wildman–Crippen MR) is 104 cm³/mol. The van der Waals surface area contributed by atoms with Gasteiger partial charge in [0.1, 0.15) is 5.75 Å². The Kier molecular flexibility index (Phi) is 9.27. The van der Waals surface area contributed by atoms with E-state index in [1.54, 1.807) is 0 Å². The summed E-state index contributed by atoms with van der Waals surface area (Å²) in [6.07, 6.45) is 17.4. The van der Waals surface area contributed by atoms with Crippen LogP contribution in [0.4, 0.5) is 0 Å². The topological polar surface area (TPSA) is 32.3 Å². The van der Waals surface area contributed by atoms with Crippen molar-refractivity contribution >= 4 is 0 Å². The molecule has 1 aromatic carbocycles. The fourth-order valence-electron chi connectivity index (χ4n) is 3.83. The molecule has 2 nitrogen and oxygen atoms in total. The van der Waals surface area contributed by atoms with E-state index in [4.69, 9.17) is 0 Å². The van der Waals surface area contributed by atoms with Crippen LogP contribution in [0, 0.1) is 0 Å². The normalized spacial score (nSPS) is 17.0. The zero-order chi connectivity index (χ0) is 17.0. The van der Waals surface area contributed by atoms with E-state index >= 15 is 0 Å². The number of phenolic OH excluding ortho intramolecular Hbond substituents is 1. The summed E-state index contributed by atoms with van der Waals surface area (Å²) in [7, 11) is 0. The van der Waals surface area contributed by atoms with E-state index in [-0.39, 0.29) is 0 Å². The Morgan fingerprint density at radius 1 is 0.917 bits per heavy atom. The summed E-state index contributed by atoms with van der Waals surface area (Å²) >= 11 is 0. The van der Waals surface area contributed by atoms with Crippen molar-refractivity contribution < 1.29 is 5.11 Å². The first-order valence-electron chi connectivity index (χ1n) is 10.3. The van der Waals surface area contributed by atoms with Gasteiger partial charge in [-0.25, -0.2) is 0 Å². The summed E-state index contributed by atoms with van der Waals surface area (Å²) in [5.74, 6) is 0.408. The zero-order valence-electron chi connectivity index (χ0n) is 15.7. The lowest BCUT2D eigenvalue weighted by Gasteiger charge is -2.25. The summed E-state index contributed by atoms with van der Waals surface area (Å²) in [6.45, 7) is 3.44. The van der Waals surface area contributed by atoms with Crippen LogP contribution in [0.15, 0.2) is 18.2 Å². The van der Waals surface area contributed by atoms with Gasteiger partial charge < -0.3 is 10.4 Å². The number of hydrogen-bond acceptors (Lipinski definition) is 2. The zero-order valence-corrected chi connectivity index (χ0v) is 15.7. The molecule has 136 valence electrons. The molecule has 1 unspecified atom stereocenters. The number of unbranched alkanes of at least 4 members (excludes halogenated alkanes) is 9. The quantitative estimate of drug-likeness (QED) is 0.477. The Balaban J connectivity index is 1.45. The van der Waals surface area contributed by atoms with E-state index < -0.39 is 0 Å². The van der Waals surface area contributed by atoms with Crippen LogP contribution in [0.1, 0.15) is 88.7 Å². The fraction of sp³-hybridized carbons (Fsp3) is 0.727. The van der Waals surface area contributed by atoms with Crippen LogP contribution in [-0.4, -0.2) is 17.7 Å². The number of hydrogen-bond donors (Lipinski definition) is 2. The molecule has 0 radical (unpaired) electrons. The lowest BCUT2D eigenvalue weighted by atomic mass is 9.88. The molecule has 1 aliphatic rings. The van der Waals surface area contributed by atoms with Gasteiger partial charge in [0.25, 0.3) is 0 Å². The molecule has 24 heavy (non-hydrogen) atoms. The van der Waals surface area contributed by atoms with Crippen LogP contribution in [0.2, 0.25) is 0 Å². The van der Waals surface area contributed by atoms with Crippen molar-refractivity contribution in [3.8, 4) is 5.75 Å². The number of benzene rings is 1. The highest BCUT2D eigenvalue weighted by Crippen LogP contribution is 2.25. The number of fused-ring (bicyclic) bond motifs is 1. The van der Waals surface area contributed by atoms with E-state index in [0.717, 1.165) is 19.4 Å². The van der Waals surface area contributed by atoms with Crippen LogP contribution in [0.25, 0.3) is 0 Å². The second-order valence-electron chi connectivity index (χ2n) is 7.53. The van der Waals surface area contributed by atoms with Gasteiger partial charge in [-0.2, -0.15) is 0 Å². The van der Waals surface area contributed by atoms with E-state index in [2.05, 4.69) is 18.3 Å². The van der Waals surface area contributed by atoms with Gasteiger partial charge in [0, 0.05) is 6.04 Å². The van der Waals surface area contributed by atoms with Gasteiger partial charge in [-0.3, -0.25) is 0 Å². The standard InChI is InChI=1S/C22H37NO/c1-2-3-4-5-6-7-8-9-10-11-16-23-21-14-12-20-18-22(24)15-13-19(20)17-21/h13,15,18,21,23-24H,2-12,14,16-17H2,1H3. The Morgan fingerprint density at radius 3 is 2.29 bits per heavy atom. The molecule has 0 bridgehead atoms. The number of aryl methyl sites for hydroxylation is 1. The average Bonchev–Trinajstić information content (AvgIpc) is 2.59. The maximum Gasteiger partial charge on any atom is 0.115 e. The van der Waals surface area contributed by atoms with Gasteiger partial charge in [-0.15, -0.1) is 0 Å². The number of rotatable bonds is 12. The molecular weight excluding hydrogens is 294 g/mol. The first kappa shape index (κ1) is 19.3. The minimum atomic E-state index is 0.408. The number of phenols is 1. The SMILES string of the molecule is CCCCCCCCCCCCNC1CCc2cc(O)ccc2C1. The van der Waals surface area contributed by atoms with Crippen molar-refractivity contribution in [2.45, 2.75) is 96.4 Å². The molecule has 0 heterocycles. The summed E-state index contributed by atoms with van der Waals surface area (Å²) in [6, 6.07) is 6.48. The minimum Gasteiger partial charge on any atom is -0.508 e. The van der Waals surface area contributed by atoms with Gasteiger partial charge in [0.15, 0.2) is 0 Å². The highest BCUT2D eigenvalue weighted by Gasteiger charge is 2.18. The van der Waals surface area contributed by atoms with Gasteiger partial charge in [-0.05, 0) is 55.5 Å². The molecule has 0 saturated carbocycles. The van der Waals surface area contributed by atoms with Crippen LogP contribution in [0.3, 0.4) is 0 Å².